The summed E-state index contributed by atoms with van der Waals surface area (Å²) in [6.45, 7) is 3.81. The fourth-order valence-corrected chi connectivity index (χ4v) is 3.42. The lowest BCUT2D eigenvalue weighted by molar-refractivity contribution is -0.148. The molecule has 2 aromatic carbocycles. The van der Waals surface area contributed by atoms with Crippen molar-refractivity contribution in [3.63, 3.8) is 0 Å². The number of fused-ring (bicyclic) bond motifs is 1. The molecule has 0 spiro atoms. The number of ether oxygens (including phenoxy) is 1. The van der Waals surface area contributed by atoms with Crippen LogP contribution >= 0.6 is 0 Å². The number of amides is 1. The number of benzene rings is 2. The highest BCUT2D eigenvalue weighted by atomic mass is 16.5. The van der Waals surface area contributed by atoms with E-state index in [1.165, 1.54) is 16.7 Å². The van der Waals surface area contributed by atoms with E-state index in [9.17, 15) is 9.59 Å². The van der Waals surface area contributed by atoms with Crippen LogP contribution in [0.5, 0.6) is 0 Å². The van der Waals surface area contributed by atoms with Crippen LogP contribution in [0, 0.1) is 13.8 Å². The summed E-state index contributed by atoms with van der Waals surface area (Å²) in [7, 11) is 0. The van der Waals surface area contributed by atoms with Crippen molar-refractivity contribution < 1.29 is 14.3 Å². The minimum Gasteiger partial charge on any atom is -0.455 e. The summed E-state index contributed by atoms with van der Waals surface area (Å²) >= 11 is 0. The van der Waals surface area contributed by atoms with Crippen molar-refractivity contribution >= 4 is 11.9 Å². The van der Waals surface area contributed by atoms with Gasteiger partial charge in [-0.25, -0.2) is 0 Å². The maximum atomic E-state index is 12.2. The van der Waals surface area contributed by atoms with Gasteiger partial charge in [-0.2, -0.15) is 0 Å². The van der Waals surface area contributed by atoms with Gasteiger partial charge in [-0.1, -0.05) is 42.5 Å². The fraction of sp³-hybridized carbons (Fsp3) is 0.364. The lowest BCUT2D eigenvalue weighted by Gasteiger charge is -2.26. The number of rotatable bonds is 5. The van der Waals surface area contributed by atoms with E-state index in [0.29, 0.717) is 0 Å². The normalized spacial score (nSPS) is 15.8. The Kier molecular flexibility index (Phi) is 5.71. The van der Waals surface area contributed by atoms with Gasteiger partial charge in [0.25, 0.3) is 5.91 Å². The lowest BCUT2D eigenvalue weighted by atomic mass is 9.88. The van der Waals surface area contributed by atoms with Crippen LogP contribution in [0.4, 0.5) is 0 Å². The summed E-state index contributed by atoms with van der Waals surface area (Å²) in [4.78, 5) is 24.2. The molecule has 0 aliphatic heterocycles. The molecule has 1 N–H and O–H groups in total. The first-order valence-electron chi connectivity index (χ1n) is 9.12. The molecule has 26 heavy (non-hydrogen) atoms. The first-order valence-corrected chi connectivity index (χ1v) is 9.12. The largest absolute Gasteiger partial charge is 0.455 e. The summed E-state index contributed by atoms with van der Waals surface area (Å²) in [5.74, 6) is -0.632. The van der Waals surface area contributed by atoms with Crippen molar-refractivity contribution in [3.05, 3.63) is 70.3 Å². The average molecular weight is 351 g/mol. The predicted molar refractivity (Wildman–Crippen MR) is 101 cm³/mol. The summed E-state index contributed by atoms with van der Waals surface area (Å²) in [6.07, 6.45) is 3.20. The van der Waals surface area contributed by atoms with E-state index in [-0.39, 0.29) is 30.9 Å². The molecule has 2 aromatic rings. The second-order valence-corrected chi connectivity index (χ2v) is 6.97. The molecule has 0 unspecified atom stereocenters. The Morgan fingerprint density at radius 1 is 1.12 bits per heavy atom. The summed E-state index contributed by atoms with van der Waals surface area (Å²) in [5, 5.41) is 2.99. The van der Waals surface area contributed by atoms with Crippen molar-refractivity contribution in [3.8, 4) is 0 Å². The monoisotopic (exact) mass is 351 g/mol. The molecule has 1 aliphatic rings. The summed E-state index contributed by atoms with van der Waals surface area (Å²) in [5.41, 5.74) is 5.70. The Balaban J connectivity index is 1.50. The Hall–Kier alpha value is -2.62. The van der Waals surface area contributed by atoms with Crippen LogP contribution in [-0.4, -0.2) is 18.5 Å². The molecule has 1 atom stereocenters. The number of esters is 1. The lowest BCUT2D eigenvalue weighted by Crippen LogP contribution is -2.34. The highest BCUT2D eigenvalue weighted by molar-refractivity contribution is 5.81. The van der Waals surface area contributed by atoms with Crippen LogP contribution in [0.15, 0.2) is 42.5 Å². The van der Waals surface area contributed by atoms with Crippen molar-refractivity contribution in [1.82, 2.24) is 5.32 Å². The second-order valence-electron chi connectivity index (χ2n) is 6.97. The van der Waals surface area contributed by atoms with E-state index in [1.807, 2.05) is 44.2 Å². The van der Waals surface area contributed by atoms with Crippen molar-refractivity contribution in [2.24, 2.45) is 0 Å². The smallest absolute Gasteiger partial charge is 0.310 e. The van der Waals surface area contributed by atoms with Gasteiger partial charge in [0.15, 0.2) is 6.61 Å². The van der Waals surface area contributed by atoms with Gasteiger partial charge in [0, 0.05) is 0 Å². The zero-order valence-corrected chi connectivity index (χ0v) is 15.4. The minimum absolute atomic E-state index is 0.00546. The maximum Gasteiger partial charge on any atom is 0.310 e. The Morgan fingerprint density at radius 2 is 1.92 bits per heavy atom. The van der Waals surface area contributed by atoms with Gasteiger partial charge in [-0.15, -0.1) is 0 Å². The van der Waals surface area contributed by atoms with Crippen LogP contribution in [0.2, 0.25) is 0 Å². The molecule has 4 heteroatoms. The highest BCUT2D eigenvalue weighted by Gasteiger charge is 2.21. The third kappa shape index (κ3) is 4.51. The highest BCUT2D eigenvalue weighted by Crippen LogP contribution is 2.29. The number of carbonyl (C=O) groups is 2. The molecular formula is C22H25NO3. The summed E-state index contributed by atoms with van der Waals surface area (Å²) in [6, 6.07) is 14.1. The number of hydrogen-bond acceptors (Lipinski definition) is 3. The minimum atomic E-state index is -0.382. The molecule has 4 nitrogen and oxygen atoms in total. The van der Waals surface area contributed by atoms with Crippen LogP contribution in [0.25, 0.3) is 0 Å². The molecule has 0 saturated heterocycles. The number of nitrogens with one attached hydrogen (secondary N) is 1. The second kappa shape index (κ2) is 8.17. The molecule has 0 heterocycles. The SMILES string of the molecule is Cc1ccc(CC(=O)OCC(=O)N[C@H]2CCCc3ccccc32)cc1C. The molecule has 1 amide bonds. The number of aryl methyl sites for hydroxylation is 3. The Labute approximate surface area is 154 Å². The van der Waals surface area contributed by atoms with E-state index in [1.54, 1.807) is 0 Å². The van der Waals surface area contributed by atoms with E-state index in [0.717, 1.165) is 30.4 Å². The van der Waals surface area contributed by atoms with E-state index in [4.69, 9.17) is 4.74 Å². The van der Waals surface area contributed by atoms with Gasteiger partial charge in [-0.05, 0) is 60.9 Å². The number of hydrogen-bond donors (Lipinski definition) is 1. The topological polar surface area (TPSA) is 55.4 Å². The fourth-order valence-electron chi connectivity index (χ4n) is 3.42. The van der Waals surface area contributed by atoms with Crippen LogP contribution in [-0.2, 0) is 27.2 Å². The standard InChI is InChI=1S/C22H25NO3/c1-15-10-11-17(12-16(15)2)13-22(25)26-14-21(24)23-20-9-5-7-18-6-3-4-8-19(18)20/h3-4,6,8,10-12,20H,5,7,9,13-14H2,1-2H3,(H,23,24)/t20-/m0/s1. The molecule has 0 fully saturated rings. The van der Waals surface area contributed by atoms with E-state index < -0.39 is 0 Å². The predicted octanol–water partition coefficient (Wildman–Crippen LogP) is 3.58. The Morgan fingerprint density at radius 3 is 2.73 bits per heavy atom. The zero-order valence-electron chi connectivity index (χ0n) is 15.4. The Bertz CT molecular complexity index is 813. The van der Waals surface area contributed by atoms with Crippen molar-refractivity contribution in [2.45, 2.75) is 45.6 Å². The molecule has 0 aromatic heterocycles. The van der Waals surface area contributed by atoms with Crippen LogP contribution in [0.1, 0.15) is 46.7 Å². The zero-order chi connectivity index (χ0) is 18.5. The van der Waals surface area contributed by atoms with E-state index in [2.05, 4.69) is 17.4 Å². The van der Waals surface area contributed by atoms with Crippen LogP contribution < -0.4 is 5.32 Å². The quantitative estimate of drug-likeness (QED) is 0.838. The molecule has 0 radical (unpaired) electrons. The third-order valence-electron chi connectivity index (χ3n) is 4.99. The van der Waals surface area contributed by atoms with Gasteiger partial charge >= 0.3 is 5.97 Å². The molecule has 1 aliphatic carbocycles. The molecular weight excluding hydrogens is 326 g/mol. The molecule has 3 rings (SSSR count). The van der Waals surface area contributed by atoms with Gasteiger partial charge in [0.1, 0.15) is 0 Å². The van der Waals surface area contributed by atoms with Gasteiger partial charge in [0.05, 0.1) is 12.5 Å². The van der Waals surface area contributed by atoms with Crippen LogP contribution in [0.3, 0.4) is 0 Å². The molecule has 0 bridgehead atoms. The van der Waals surface area contributed by atoms with Gasteiger partial charge in [-0.3, -0.25) is 9.59 Å². The van der Waals surface area contributed by atoms with Crippen molar-refractivity contribution in [2.75, 3.05) is 6.61 Å². The summed E-state index contributed by atoms with van der Waals surface area (Å²) < 4.78 is 5.16. The first kappa shape index (κ1) is 18.2. The third-order valence-corrected chi connectivity index (χ3v) is 4.99. The maximum absolute atomic E-state index is 12.2. The van der Waals surface area contributed by atoms with Crippen molar-refractivity contribution in [1.29, 1.82) is 0 Å². The van der Waals surface area contributed by atoms with Gasteiger partial charge in [0.2, 0.25) is 0 Å². The van der Waals surface area contributed by atoms with Gasteiger partial charge < -0.3 is 10.1 Å². The average Bonchev–Trinajstić information content (AvgIpc) is 2.63. The van der Waals surface area contributed by atoms with E-state index >= 15 is 0 Å². The first-order chi connectivity index (χ1) is 12.5. The molecule has 0 saturated carbocycles. The molecule has 136 valence electrons. The number of carbonyl (C=O) groups excluding carboxylic acids is 2.